The first kappa shape index (κ1) is 25.8. The van der Waals surface area contributed by atoms with Crippen LogP contribution in [0.25, 0.3) is 0 Å². The van der Waals surface area contributed by atoms with Crippen LogP contribution in [0.4, 0.5) is 0 Å². The van der Waals surface area contributed by atoms with Gasteiger partial charge in [0, 0.05) is 17.4 Å². The van der Waals surface area contributed by atoms with Gasteiger partial charge in [0.2, 0.25) is 5.91 Å². The van der Waals surface area contributed by atoms with E-state index in [-0.39, 0.29) is 23.8 Å². The fourth-order valence-electron chi connectivity index (χ4n) is 4.63. The lowest BCUT2D eigenvalue weighted by Gasteiger charge is -2.21. The van der Waals surface area contributed by atoms with Crippen LogP contribution in [-0.4, -0.2) is 29.2 Å². The van der Waals surface area contributed by atoms with Crippen molar-refractivity contribution in [2.45, 2.75) is 51.0 Å². The molecule has 1 aliphatic heterocycles. The fourth-order valence-corrected chi connectivity index (χ4v) is 5.15. The number of amides is 3. The Morgan fingerprint density at radius 2 is 1.28 bits per heavy atom. The number of nitrogens with one attached hydrogen (secondary N) is 1. The van der Waals surface area contributed by atoms with Gasteiger partial charge in [-0.05, 0) is 42.2 Å². The third-order valence-corrected chi connectivity index (χ3v) is 7.29. The molecule has 0 radical (unpaired) electrons. The zero-order valence-corrected chi connectivity index (χ0v) is 21.9. The number of carbonyl (C=O) groups is 3. The maximum atomic E-state index is 12.8. The minimum atomic E-state index is -0.198. The number of hydrogen-bond acceptors (Lipinski definition) is 3. The van der Waals surface area contributed by atoms with Crippen molar-refractivity contribution in [3.05, 3.63) is 106 Å². The maximum Gasteiger partial charge on any atom is 0.261 e. The van der Waals surface area contributed by atoms with E-state index < -0.39 is 0 Å². The van der Waals surface area contributed by atoms with Crippen molar-refractivity contribution >= 4 is 33.7 Å². The topological polar surface area (TPSA) is 66.5 Å². The van der Waals surface area contributed by atoms with E-state index >= 15 is 0 Å². The molecule has 1 aliphatic rings. The molecule has 0 spiro atoms. The lowest BCUT2D eigenvalue weighted by Crippen LogP contribution is -2.30. The highest BCUT2D eigenvalue weighted by molar-refractivity contribution is 9.10. The first-order chi connectivity index (χ1) is 17.6. The van der Waals surface area contributed by atoms with E-state index in [0.29, 0.717) is 24.1 Å². The van der Waals surface area contributed by atoms with Crippen LogP contribution < -0.4 is 5.32 Å². The van der Waals surface area contributed by atoms with Gasteiger partial charge in [-0.15, -0.1) is 0 Å². The molecule has 4 rings (SSSR count). The van der Waals surface area contributed by atoms with Gasteiger partial charge in [0.25, 0.3) is 11.8 Å². The quantitative estimate of drug-likeness (QED) is 0.203. The summed E-state index contributed by atoms with van der Waals surface area (Å²) in [4.78, 5) is 39.0. The van der Waals surface area contributed by atoms with Gasteiger partial charge in [-0.2, -0.15) is 0 Å². The molecule has 1 N–H and O–H groups in total. The summed E-state index contributed by atoms with van der Waals surface area (Å²) in [5.74, 6) is -0.318. The van der Waals surface area contributed by atoms with Crippen LogP contribution in [-0.2, 0) is 4.79 Å². The minimum absolute atomic E-state index is 0.0465. The number of unbranched alkanes of at least 4 members (excludes halogenated alkanes) is 5. The van der Waals surface area contributed by atoms with Crippen molar-refractivity contribution in [2.75, 3.05) is 6.54 Å². The molecule has 0 fully saturated rings. The number of halogens is 1. The lowest BCUT2D eigenvalue weighted by atomic mass is 9.98. The van der Waals surface area contributed by atoms with Crippen LogP contribution >= 0.6 is 15.9 Å². The van der Waals surface area contributed by atoms with Gasteiger partial charge >= 0.3 is 0 Å². The van der Waals surface area contributed by atoms with Crippen molar-refractivity contribution in [1.29, 1.82) is 0 Å². The van der Waals surface area contributed by atoms with E-state index in [2.05, 4.69) is 21.2 Å². The van der Waals surface area contributed by atoms with Crippen molar-refractivity contribution < 1.29 is 14.4 Å². The molecule has 0 aromatic heterocycles. The van der Waals surface area contributed by atoms with Gasteiger partial charge in [0.15, 0.2) is 0 Å². The second kappa shape index (κ2) is 12.6. The first-order valence-electron chi connectivity index (χ1n) is 12.6. The summed E-state index contributed by atoms with van der Waals surface area (Å²) < 4.78 is 0.973. The van der Waals surface area contributed by atoms with E-state index in [1.54, 1.807) is 24.3 Å². The Balaban J connectivity index is 1.15. The molecular formula is C30H31BrN2O3. The van der Waals surface area contributed by atoms with Crippen molar-refractivity contribution in [1.82, 2.24) is 10.2 Å². The van der Waals surface area contributed by atoms with E-state index in [1.165, 1.54) is 4.90 Å². The molecule has 3 aromatic rings. The van der Waals surface area contributed by atoms with Crippen LogP contribution in [0.1, 0.15) is 82.8 Å². The highest BCUT2D eigenvalue weighted by atomic mass is 79.9. The second-order valence-electron chi connectivity index (χ2n) is 9.11. The number of imide groups is 1. The molecule has 186 valence electrons. The van der Waals surface area contributed by atoms with E-state index in [9.17, 15) is 14.4 Å². The zero-order valence-electron chi connectivity index (χ0n) is 20.3. The molecule has 3 aromatic carbocycles. The largest absolute Gasteiger partial charge is 0.345 e. The molecule has 6 heteroatoms. The van der Waals surface area contributed by atoms with Gasteiger partial charge < -0.3 is 5.32 Å². The van der Waals surface area contributed by atoms with Crippen molar-refractivity contribution in [2.24, 2.45) is 0 Å². The monoisotopic (exact) mass is 546 g/mol. The van der Waals surface area contributed by atoms with Crippen molar-refractivity contribution in [3.8, 4) is 0 Å². The van der Waals surface area contributed by atoms with Crippen LogP contribution in [0, 0.1) is 0 Å². The Bertz CT molecular complexity index is 1180. The number of hydrogen-bond donors (Lipinski definition) is 1. The minimum Gasteiger partial charge on any atom is -0.345 e. The molecule has 0 bridgehead atoms. The number of fused-ring (bicyclic) bond motifs is 1. The molecule has 3 amide bonds. The number of carbonyl (C=O) groups excluding carboxylic acids is 3. The highest BCUT2D eigenvalue weighted by Crippen LogP contribution is 2.29. The number of nitrogens with zero attached hydrogens (tertiary/aromatic N) is 1. The Morgan fingerprint density at radius 3 is 1.94 bits per heavy atom. The van der Waals surface area contributed by atoms with E-state index in [0.717, 1.165) is 54.1 Å². The highest BCUT2D eigenvalue weighted by Gasteiger charge is 2.34. The predicted molar refractivity (Wildman–Crippen MR) is 145 cm³/mol. The lowest BCUT2D eigenvalue weighted by molar-refractivity contribution is -0.121. The Kier molecular flexibility index (Phi) is 9.06. The van der Waals surface area contributed by atoms with Crippen LogP contribution in [0.3, 0.4) is 0 Å². The van der Waals surface area contributed by atoms with Gasteiger partial charge in [0.1, 0.15) is 0 Å². The molecule has 0 aliphatic carbocycles. The Labute approximate surface area is 221 Å². The summed E-state index contributed by atoms with van der Waals surface area (Å²) in [7, 11) is 0. The number of rotatable bonds is 12. The average Bonchev–Trinajstić information content (AvgIpc) is 3.14. The Morgan fingerprint density at radius 1 is 0.722 bits per heavy atom. The van der Waals surface area contributed by atoms with Crippen LogP contribution in [0.2, 0.25) is 0 Å². The van der Waals surface area contributed by atoms with Crippen LogP contribution in [0.5, 0.6) is 0 Å². The van der Waals surface area contributed by atoms with Gasteiger partial charge in [-0.25, -0.2) is 0 Å². The summed E-state index contributed by atoms with van der Waals surface area (Å²) in [5.41, 5.74) is 3.11. The molecule has 36 heavy (non-hydrogen) atoms. The smallest absolute Gasteiger partial charge is 0.261 e. The molecule has 0 saturated carbocycles. The first-order valence-corrected chi connectivity index (χ1v) is 13.4. The van der Waals surface area contributed by atoms with Crippen LogP contribution in [0.15, 0.2) is 83.3 Å². The SMILES string of the molecule is O=C(CCCCCCCCN1C(=O)c2ccccc2C1=O)NC(c1ccccc1)c1ccccc1Br. The Hall–Kier alpha value is -3.25. The van der Waals surface area contributed by atoms with Gasteiger partial charge in [0.05, 0.1) is 17.2 Å². The normalized spacial score (nSPS) is 13.5. The van der Waals surface area contributed by atoms with E-state index in [4.69, 9.17) is 0 Å². The maximum absolute atomic E-state index is 12.8. The molecule has 1 heterocycles. The fraction of sp³-hybridized carbons (Fsp3) is 0.300. The summed E-state index contributed by atoms with van der Waals surface area (Å²) in [6, 6.07) is 24.8. The summed E-state index contributed by atoms with van der Waals surface area (Å²) in [6.45, 7) is 0.463. The third-order valence-electron chi connectivity index (χ3n) is 6.57. The summed E-state index contributed by atoms with van der Waals surface area (Å²) in [6.07, 6.45) is 6.11. The van der Waals surface area contributed by atoms with Gasteiger partial charge in [-0.1, -0.05) is 102 Å². The number of benzene rings is 3. The molecular weight excluding hydrogens is 516 g/mol. The second-order valence-corrected chi connectivity index (χ2v) is 9.97. The summed E-state index contributed by atoms with van der Waals surface area (Å²) in [5, 5.41) is 3.21. The average molecular weight is 547 g/mol. The zero-order chi connectivity index (χ0) is 25.3. The molecule has 1 unspecified atom stereocenters. The third kappa shape index (κ3) is 6.30. The molecule has 5 nitrogen and oxygen atoms in total. The van der Waals surface area contributed by atoms with Gasteiger partial charge in [-0.3, -0.25) is 19.3 Å². The molecule has 0 saturated heterocycles. The predicted octanol–water partition coefficient (Wildman–Crippen LogP) is 6.68. The summed E-state index contributed by atoms with van der Waals surface area (Å²) >= 11 is 3.62. The van der Waals surface area contributed by atoms with Crippen molar-refractivity contribution in [3.63, 3.8) is 0 Å². The standard InChI is InChI=1S/C30H31BrN2O3/c31-26-19-12-11-18-25(26)28(22-14-6-5-7-15-22)32-27(34)20-8-3-1-2-4-13-21-33-29(35)23-16-9-10-17-24(23)30(33)36/h5-7,9-12,14-19,28H,1-4,8,13,20-21H2,(H,32,34). The van der Waals surface area contributed by atoms with E-state index in [1.807, 2.05) is 54.6 Å². The molecule has 1 atom stereocenters.